The van der Waals surface area contributed by atoms with E-state index in [0.29, 0.717) is 30.2 Å². The number of carbonyl (C=O) groups excluding carboxylic acids is 1. The van der Waals surface area contributed by atoms with E-state index in [1.807, 2.05) is 20.8 Å². The van der Waals surface area contributed by atoms with Crippen LogP contribution in [0.4, 0.5) is 0 Å². The molecule has 19 heavy (non-hydrogen) atoms. The van der Waals surface area contributed by atoms with Gasteiger partial charge in [-0.15, -0.1) is 0 Å². The molecule has 0 atom stereocenters. The Kier molecular flexibility index (Phi) is 3.69. The highest BCUT2D eigenvalue weighted by Crippen LogP contribution is 2.21. The summed E-state index contributed by atoms with van der Waals surface area (Å²) in [6.45, 7) is 7.03. The lowest BCUT2D eigenvalue weighted by atomic mass is 10.2. The van der Waals surface area contributed by atoms with Crippen molar-refractivity contribution in [2.45, 2.75) is 33.9 Å². The number of rotatable bonds is 5. The predicted octanol–water partition coefficient (Wildman–Crippen LogP) is 1.67. The first-order chi connectivity index (χ1) is 9.12. The summed E-state index contributed by atoms with van der Waals surface area (Å²) in [5.74, 6) is 0.381. The molecular formula is C13H18N4O2. The third-order valence-electron chi connectivity index (χ3n) is 2.97. The minimum absolute atomic E-state index is 0.112. The van der Waals surface area contributed by atoms with Crippen LogP contribution in [0.15, 0.2) is 12.3 Å². The molecule has 0 fully saturated rings. The molecule has 0 aliphatic heterocycles. The minimum Gasteiger partial charge on any atom is -0.493 e. The van der Waals surface area contributed by atoms with E-state index in [-0.39, 0.29) is 5.78 Å². The third-order valence-corrected chi connectivity index (χ3v) is 2.97. The molecule has 0 amide bonds. The molecule has 0 aromatic carbocycles. The predicted molar refractivity (Wildman–Crippen MR) is 70.5 cm³/mol. The van der Waals surface area contributed by atoms with Gasteiger partial charge in [-0.1, -0.05) is 0 Å². The van der Waals surface area contributed by atoms with E-state index >= 15 is 0 Å². The van der Waals surface area contributed by atoms with E-state index < -0.39 is 0 Å². The van der Waals surface area contributed by atoms with Gasteiger partial charge in [0.2, 0.25) is 5.78 Å². The fraction of sp³-hybridized carbons (Fsp3) is 0.462. The lowest BCUT2D eigenvalue weighted by Crippen LogP contribution is -2.16. The van der Waals surface area contributed by atoms with Gasteiger partial charge < -0.3 is 4.74 Å². The summed E-state index contributed by atoms with van der Waals surface area (Å²) in [6.07, 6.45) is 1.57. The Bertz CT molecular complexity index is 576. The number of nitrogens with zero attached hydrogens (tertiary/aromatic N) is 4. The number of carbonyl (C=O) groups is 1. The Morgan fingerprint density at radius 1 is 1.32 bits per heavy atom. The van der Waals surface area contributed by atoms with E-state index in [4.69, 9.17) is 4.74 Å². The fourth-order valence-corrected chi connectivity index (χ4v) is 2.08. The van der Waals surface area contributed by atoms with Crippen LogP contribution < -0.4 is 4.74 Å². The second-order valence-electron chi connectivity index (χ2n) is 4.19. The zero-order valence-corrected chi connectivity index (χ0v) is 11.7. The van der Waals surface area contributed by atoms with Crippen molar-refractivity contribution < 1.29 is 9.53 Å². The largest absolute Gasteiger partial charge is 0.493 e. The third kappa shape index (κ3) is 2.25. The first-order valence-corrected chi connectivity index (χ1v) is 6.31. The number of ketones is 1. The van der Waals surface area contributed by atoms with Gasteiger partial charge in [0.15, 0.2) is 11.4 Å². The van der Waals surface area contributed by atoms with Crippen LogP contribution in [-0.4, -0.2) is 32.5 Å². The van der Waals surface area contributed by atoms with Gasteiger partial charge in [-0.2, -0.15) is 10.2 Å². The highest BCUT2D eigenvalue weighted by molar-refractivity contribution is 6.08. The molecule has 6 nitrogen and oxygen atoms in total. The van der Waals surface area contributed by atoms with Crippen LogP contribution in [-0.2, 0) is 13.1 Å². The Labute approximate surface area is 112 Å². The molecule has 2 rings (SSSR count). The summed E-state index contributed by atoms with van der Waals surface area (Å²) in [6, 6.07) is 1.79. The normalized spacial score (nSPS) is 10.7. The summed E-state index contributed by atoms with van der Waals surface area (Å²) in [5, 5.41) is 8.45. The summed E-state index contributed by atoms with van der Waals surface area (Å²) in [7, 11) is 1.54. The number of ether oxygens (including phenoxy) is 1. The molecule has 0 aliphatic rings. The standard InChI is InChI=1S/C13H18N4O2/c1-5-16-10(7-9(3)15-16)13(18)12-11(19-4)8-14-17(12)6-2/h7-8H,5-6H2,1-4H3. The Hall–Kier alpha value is -2.11. The van der Waals surface area contributed by atoms with E-state index in [1.165, 1.54) is 7.11 Å². The molecule has 2 aromatic rings. The molecule has 2 aromatic heterocycles. The van der Waals surface area contributed by atoms with E-state index in [2.05, 4.69) is 10.2 Å². The fourth-order valence-electron chi connectivity index (χ4n) is 2.08. The smallest absolute Gasteiger partial charge is 0.232 e. The second kappa shape index (κ2) is 5.26. The maximum atomic E-state index is 12.7. The topological polar surface area (TPSA) is 61.9 Å². The van der Waals surface area contributed by atoms with Gasteiger partial charge in [0.05, 0.1) is 19.0 Å². The lowest BCUT2D eigenvalue weighted by Gasteiger charge is -2.07. The van der Waals surface area contributed by atoms with E-state index in [0.717, 1.165) is 5.69 Å². The molecule has 0 spiro atoms. The average Bonchev–Trinajstić information content (AvgIpc) is 3.00. The molecule has 0 unspecified atom stereocenters. The maximum absolute atomic E-state index is 12.7. The van der Waals surface area contributed by atoms with Crippen LogP contribution in [0, 0.1) is 6.92 Å². The lowest BCUT2D eigenvalue weighted by molar-refractivity contribution is 0.101. The molecule has 0 N–H and O–H groups in total. The molecule has 102 valence electrons. The van der Waals surface area contributed by atoms with E-state index in [9.17, 15) is 4.79 Å². The molecule has 0 saturated carbocycles. The van der Waals surface area contributed by atoms with Gasteiger partial charge in [-0.3, -0.25) is 14.2 Å². The van der Waals surface area contributed by atoms with Crippen LogP contribution in [0.1, 0.15) is 35.7 Å². The molecule has 0 radical (unpaired) electrons. The Balaban J connectivity index is 2.51. The van der Waals surface area contributed by atoms with Crippen LogP contribution in [0.25, 0.3) is 0 Å². The van der Waals surface area contributed by atoms with Gasteiger partial charge in [0.1, 0.15) is 5.69 Å². The molecule has 0 aliphatic carbocycles. The molecular weight excluding hydrogens is 244 g/mol. The summed E-state index contributed by atoms with van der Waals surface area (Å²) >= 11 is 0. The van der Waals surface area contributed by atoms with Gasteiger partial charge in [0.25, 0.3) is 0 Å². The quantitative estimate of drug-likeness (QED) is 0.769. The Morgan fingerprint density at radius 2 is 2.00 bits per heavy atom. The summed E-state index contributed by atoms with van der Waals surface area (Å²) in [4.78, 5) is 12.7. The van der Waals surface area contributed by atoms with Gasteiger partial charge in [-0.05, 0) is 26.8 Å². The first kappa shape index (κ1) is 13.3. The monoisotopic (exact) mass is 262 g/mol. The molecule has 0 saturated heterocycles. The van der Waals surface area contributed by atoms with Crippen molar-refractivity contribution >= 4 is 5.78 Å². The molecule has 2 heterocycles. The van der Waals surface area contributed by atoms with E-state index in [1.54, 1.807) is 21.6 Å². The van der Waals surface area contributed by atoms with Gasteiger partial charge >= 0.3 is 0 Å². The number of aromatic nitrogens is 4. The van der Waals surface area contributed by atoms with Crippen molar-refractivity contribution in [3.8, 4) is 5.75 Å². The number of hydrogen-bond donors (Lipinski definition) is 0. The van der Waals surface area contributed by atoms with Crippen LogP contribution >= 0.6 is 0 Å². The highest BCUT2D eigenvalue weighted by Gasteiger charge is 2.23. The molecule has 0 bridgehead atoms. The number of hydrogen-bond acceptors (Lipinski definition) is 4. The first-order valence-electron chi connectivity index (χ1n) is 6.31. The Morgan fingerprint density at radius 3 is 2.58 bits per heavy atom. The van der Waals surface area contributed by atoms with Crippen molar-refractivity contribution in [3.63, 3.8) is 0 Å². The van der Waals surface area contributed by atoms with Crippen LogP contribution in [0.5, 0.6) is 5.75 Å². The summed E-state index contributed by atoms with van der Waals surface area (Å²) in [5.41, 5.74) is 1.86. The van der Waals surface area contributed by atoms with Gasteiger partial charge in [-0.25, -0.2) is 0 Å². The highest BCUT2D eigenvalue weighted by atomic mass is 16.5. The number of aryl methyl sites for hydroxylation is 3. The van der Waals surface area contributed by atoms with Crippen molar-refractivity contribution in [3.05, 3.63) is 29.3 Å². The van der Waals surface area contributed by atoms with Crippen molar-refractivity contribution in [1.29, 1.82) is 0 Å². The number of methoxy groups -OCH3 is 1. The van der Waals surface area contributed by atoms with Crippen LogP contribution in [0.2, 0.25) is 0 Å². The van der Waals surface area contributed by atoms with Crippen molar-refractivity contribution in [2.75, 3.05) is 7.11 Å². The zero-order chi connectivity index (χ0) is 14.0. The second-order valence-corrected chi connectivity index (χ2v) is 4.19. The zero-order valence-electron chi connectivity index (χ0n) is 11.7. The minimum atomic E-state index is -0.112. The maximum Gasteiger partial charge on any atom is 0.232 e. The van der Waals surface area contributed by atoms with Crippen molar-refractivity contribution in [2.24, 2.45) is 0 Å². The van der Waals surface area contributed by atoms with Crippen LogP contribution in [0.3, 0.4) is 0 Å². The summed E-state index contributed by atoms with van der Waals surface area (Å²) < 4.78 is 8.56. The average molecular weight is 262 g/mol. The molecule has 6 heteroatoms. The van der Waals surface area contributed by atoms with Crippen molar-refractivity contribution in [1.82, 2.24) is 19.6 Å². The SMILES string of the molecule is CCn1nc(C)cc1C(=O)c1c(OC)cnn1CC. The van der Waals surface area contributed by atoms with Gasteiger partial charge in [0, 0.05) is 13.1 Å².